The maximum Gasteiger partial charge on any atom is 0.348 e. The van der Waals surface area contributed by atoms with E-state index in [4.69, 9.17) is 0 Å². The summed E-state index contributed by atoms with van der Waals surface area (Å²) in [6.45, 7) is 0. The van der Waals surface area contributed by atoms with E-state index in [1.807, 2.05) is 18.2 Å². The van der Waals surface area contributed by atoms with Crippen molar-refractivity contribution in [1.82, 2.24) is 0 Å². The molecule has 0 bridgehead atoms. The van der Waals surface area contributed by atoms with Crippen molar-refractivity contribution in [2.45, 2.75) is 0 Å². The Morgan fingerprint density at radius 1 is 0.789 bits per heavy atom. The first-order valence-corrected chi connectivity index (χ1v) is 5.33. The lowest BCUT2D eigenvalue weighted by atomic mass is 10.2. The first-order chi connectivity index (χ1) is 9.08. The number of para-hydroxylation sites is 1. The molecule has 96 valence electrons. The van der Waals surface area contributed by atoms with Crippen LogP contribution in [0.1, 0.15) is 0 Å². The van der Waals surface area contributed by atoms with Gasteiger partial charge in [0.2, 0.25) is 0 Å². The van der Waals surface area contributed by atoms with Crippen molar-refractivity contribution in [2.75, 3.05) is 5.32 Å². The number of benzene rings is 2. The molecule has 7 nitrogen and oxygen atoms in total. The second-order valence-corrected chi connectivity index (χ2v) is 3.71. The van der Waals surface area contributed by atoms with Gasteiger partial charge in [-0.25, -0.2) is 0 Å². The fourth-order valence-electron chi connectivity index (χ4n) is 1.59. The molecule has 2 aromatic carbocycles. The number of anilines is 2. The highest BCUT2D eigenvalue weighted by molar-refractivity contribution is 5.67. The minimum Gasteiger partial charge on any atom is -0.355 e. The van der Waals surface area contributed by atoms with Crippen LogP contribution in [0.2, 0.25) is 0 Å². The molecule has 2 aromatic rings. The van der Waals surface area contributed by atoms with Crippen LogP contribution >= 0.6 is 0 Å². The van der Waals surface area contributed by atoms with Gasteiger partial charge in [0.05, 0.1) is 9.85 Å². The highest BCUT2D eigenvalue weighted by atomic mass is 16.6. The number of hydrogen-bond acceptors (Lipinski definition) is 5. The molecule has 2 rings (SSSR count). The van der Waals surface area contributed by atoms with Gasteiger partial charge in [-0.3, -0.25) is 20.2 Å². The maximum atomic E-state index is 10.8. The fraction of sp³-hybridized carbons (Fsp3) is 0. The first-order valence-electron chi connectivity index (χ1n) is 5.33. The van der Waals surface area contributed by atoms with Crippen LogP contribution in [0, 0.1) is 20.2 Å². The van der Waals surface area contributed by atoms with E-state index in [2.05, 4.69) is 5.32 Å². The Kier molecular flexibility index (Phi) is 3.37. The summed E-state index contributed by atoms with van der Waals surface area (Å²) in [5, 5.41) is 24.4. The smallest absolute Gasteiger partial charge is 0.348 e. The zero-order chi connectivity index (χ0) is 13.8. The van der Waals surface area contributed by atoms with Crippen LogP contribution in [0.25, 0.3) is 0 Å². The molecule has 0 aliphatic rings. The Bertz CT molecular complexity index is 628. The van der Waals surface area contributed by atoms with E-state index in [0.717, 1.165) is 17.8 Å². The Balaban J connectivity index is 2.36. The van der Waals surface area contributed by atoms with Crippen LogP contribution < -0.4 is 5.32 Å². The van der Waals surface area contributed by atoms with Gasteiger partial charge in [0, 0.05) is 23.5 Å². The van der Waals surface area contributed by atoms with E-state index in [0.29, 0.717) is 5.69 Å². The highest BCUT2D eigenvalue weighted by Gasteiger charge is 2.23. The summed E-state index contributed by atoms with van der Waals surface area (Å²) in [6.07, 6.45) is 0. The van der Waals surface area contributed by atoms with Gasteiger partial charge in [0.15, 0.2) is 0 Å². The molecule has 19 heavy (non-hydrogen) atoms. The van der Waals surface area contributed by atoms with Crippen molar-refractivity contribution in [1.29, 1.82) is 0 Å². The lowest BCUT2D eigenvalue weighted by molar-refractivity contribution is -0.422. The van der Waals surface area contributed by atoms with Crippen molar-refractivity contribution < 1.29 is 9.85 Å². The number of nitrogens with one attached hydrogen (secondary N) is 1. The molecule has 0 radical (unpaired) electrons. The first kappa shape index (κ1) is 12.5. The Hall–Kier alpha value is -2.96. The SMILES string of the molecule is O=[N+]([O-])c1ccc(Nc2ccccc2)cc1[N+](=O)[O-]. The van der Waals surface area contributed by atoms with Gasteiger partial charge in [-0.2, -0.15) is 0 Å². The molecule has 0 amide bonds. The van der Waals surface area contributed by atoms with E-state index in [1.165, 1.54) is 6.07 Å². The number of nitrogens with zero attached hydrogens (tertiary/aromatic N) is 2. The number of nitro benzene ring substituents is 2. The Morgan fingerprint density at radius 3 is 2.00 bits per heavy atom. The molecule has 0 fully saturated rings. The summed E-state index contributed by atoms with van der Waals surface area (Å²) in [5.74, 6) is 0. The molecule has 0 heterocycles. The Morgan fingerprint density at radius 2 is 1.42 bits per heavy atom. The van der Waals surface area contributed by atoms with Gasteiger partial charge in [-0.15, -0.1) is 0 Å². The molecule has 0 aromatic heterocycles. The topological polar surface area (TPSA) is 98.3 Å². The van der Waals surface area contributed by atoms with Crippen molar-refractivity contribution in [3.63, 3.8) is 0 Å². The largest absolute Gasteiger partial charge is 0.355 e. The average Bonchev–Trinajstić information content (AvgIpc) is 2.39. The van der Waals surface area contributed by atoms with Crippen LogP contribution in [0.15, 0.2) is 48.5 Å². The summed E-state index contributed by atoms with van der Waals surface area (Å²) < 4.78 is 0. The molecular formula is C12H9N3O4. The summed E-state index contributed by atoms with van der Waals surface area (Å²) >= 11 is 0. The zero-order valence-electron chi connectivity index (χ0n) is 9.65. The number of nitro groups is 2. The van der Waals surface area contributed by atoms with E-state index in [1.54, 1.807) is 12.1 Å². The van der Waals surface area contributed by atoms with Crippen LogP contribution in [0.5, 0.6) is 0 Å². The molecule has 1 N–H and O–H groups in total. The summed E-state index contributed by atoms with van der Waals surface area (Å²) in [4.78, 5) is 19.9. The summed E-state index contributed by atoms with van der Waals surface area (Å²) in [5.41, 5.74) is 0.101. The van der Waals surface area contributed by atoms with E-state index < -0.39 is 21.2 Å². The lowest BCUT2D eigenvalue weighted by Crippen LogP contribution is -1.98. The predicted molar refractivity (Wildman–Crippen MR) is 69.5 cm³/mol. The molecule has 0 spiro atoms. The predicted octanol–water partition coefficient (Wildman–Crippen LogP) is 3.25. The molecule has 0 unspecified atom stereocenters. The monoisotopic (exact) mass is 259 g/mol. The van der Waals surface area contributed by atoms with Gasteiger partial charge in [-0.1, -0.05) is 18.2 Å². The molecule has 0 saturated carbocycles. The second-order valence-electron chi connectivity index (χ2n) is 3.71. The van der Waals surface area contributed by atoms with Gasteiger partial charge < -0.3 is 5.32 Å². The van der Waals surface area contributed by atoms with Crippen LogP contribution in [-0.4, -0.2) is 9.85 Å². The van der Waals surface area contributed by atoms with Crippen molar-refractivity contribution in [3.8, 4) is 0 Å². The van der Waals surface area contributed by atoms with Gasteiger partial charge in [-0.05, 0) is 18.2 Å². The highest BCUT2D eigenvalue weighted by Crippen LogP contribution is 2.30. The van der Waals surface area contributed by atoms with E-state index in [-0.39, 0.29) is 0 Å². The average molecular weight is 259 g/mol. The second kappa shape index (κ2) is 5.13. The third-order valence-electron chi connectivity index (χ3n) is 2.43. The third kappa shape index (κ3) is 2.83. The van der Waals surface area contributed by atoms with E-state index in [9.17, 15) is 20.2 Å². The molecule has 0 aliphatic heterocycles. The minimum atomic E-state index is -0.773. The number of rotatable bonds is 4. The normalized spacial score (nSPS) is 9.89. The Labute approximate surface area is 107 Å². The third-order valence-corrected chi connectivity index (χ3v) is 2.43. The quantitative estimate of drug-likeness (QED) is 0.671. The molecule has 0 saturated heterocycles. The maximum absolute atomic E-state index is 10.8. The molecule has 7 heteroatoms. The van der Waals surface area contributed by atoms with Crippen molar-refractivity contribution >= 4 is 22.7 Å². The minimum absolute atomic E-state index is 0.420. The standard InChI is InChI=1S/C12H9N3O4/c16-14(17)11-7-6-10(8-12(11)15(18)19)13-9-4-2-1-3-5-9/h1-8,13H. The summed E-state index contributed by atoms with van der Waals surface area (Å²) in [7, 11) is 0. The van der Waals surface area contributed by atoms with Crippen molar-refractivity contribution in [2.24, 2.45) is 0 Å². The van der Waals surface area contributed by atoms with Gasteiger partial charge in [0.1, 0.15) is 0 Å². The van der Waals surface area contributed by atoms with Crippen LogP contribution in [-0.2, 0) is 0 Å². The van der Waals surface area contributed by atoms with Crippen LogP contribution in [0.3, 0.4) is 0 Å². The van der Waals surface area contributed by atoms with Gasteiger partial charge in [0.25, 0.3) is 0 Å². The number of hydrogen-bond donors (Lipinski definition) is 1. The van der Waals surface area contributed by atoms with E-state index >= 15 is 0 Å². The summed E-state index contributed by atoms with van der Waals surface area (Å²) in [6, 6.07) is 12.7. The molecule has 0 atom stereocenters. The molecule has 0 aliphatic carbocycles. The fourth-order valence-corrected chi connectivity index (χ4v) is 1.59. The molecular weight excluding hydrogens is 250 g/mol. The zero-order valence-corrected chi connectivity index (χ0v) is 9.65. The van der Waals surface area contributed by atoms with Crippen LogP contribution in [0.4, 0.5) is 22.7 Å². The lowest BCUT2D eigenvalue weighted by Gasteiger charge is -2.05. The van der Waals surface area contributed by atoms with Crippen molar-refractivity contribution in [3.05, 3.63) is 68.8 Å². The van der Waals surface area contributed by atoms with Gasteiger partial charge >= 0.3 is 11.4 Å².